The van der Waals surface area contributed by atoms with Gasteiger partial charge in [0.1, 0.15) is 9.88 Å². The molecule has 33 heavy (non-hydrogen) atoms. The molecule has 0 radical (unpaired) electrons. The number of hydrogen-bond acceptors (Lipinski definition) is 7. The number of piperidine rings is 1. The highest BCUT2D eigenvalue weighted by molar-refractivity contribution is 7.17. The number of amides is 2. The fraction of sp³-hybridized carbons (Fsp3) is 0.375. The van der Waals surface area contributed by atoms with Gasteiger partial charge in [-0.05, 0) is 51.0 Å². The number of nitrogens with zero attached hydrogens (tertiary/aromatic N) is 2. The van der Waals surface area contributed by atoms with E-state index in [1.807, 2.05) is 36.9 Å². The monoisotopic (exact) mass is 469 g/mol. The van der Waals surface area contributed by atoms with E-state index in [1.54, 1.807) is 20.3 Å². The minimum Gasteiger partial charge on any atom is -0.493 e. The van der Waals surface area contributed by atoms with E-state index >= 15 is 0 Å². The average Bonchev–Trinajstić information content (AvgIpc) is 3.44. The third kappa shape index (κ3) is 4.73. The van der Waals surface area contributed by atoms with Crippen molar-refractivity contribution in [1.29, 1.82) is 0 Å². The number of carbonyl (C=O) groups excluding carboxylic acids is 2. The van der Waals surface area contributed by atoms with Crippen molar-refractivity contribution in [3.05, 3.63) is 52.4 Å². The molecule has 1 aliphatic rings. The third-order valence-electron chi connectivity index (χ3n) is 5.81. The smallest absolute Gasteiger partial charge is 0.287 e. The predicted molar refractivity (Wildman–Crippen MR) is 125 cm³/mol. The normalized spacial score (nSPS) is 14.2. The number of rotatable bonds is 6. The van der Waals surface area contributed by atoms with E-state index < -0.39 is 0 Å². The first-order valence-electron chi connectivity index (χ1n) is 10.7. The van der Waals surface area contributed by atoms with Gasteiger partial charge in [-0.3, -0.25) is 9.59 Å². The van der Waals surface area contributed by atoms with Crippen LogP contribution in [-0.4, -0.2) is 55.0 Å². The molecule has 3 aromatic rings. The Balaban J connectivity index is 1.41. The summed E-state index contributed by atoms with van der Waals surface area (Å²) in [4.78, 5) is 32.7. The van der Waals surface area contributed by atoms with Crippen LogP contribution in [0.1, 0.15) is 44.3 Å². The van der Waals surface area contributed by atoms with E-state index in [0.717, 1.165) is 16.1 Å². The molecular weight excluding hydrogens is 442 g/mol. The molecule has 1 fully saturated rings. The van der Waals surface area contributed by atoms with Crippen LogP contribution in [0.15, 0.2) is 34.9 Å². The first-order chi connectivity index (χ1) is 15.9. The van der Waals surface area contributed by atoms with E-state index in [0.29, 0.717) is 53.8 Å². The summed E-state index contributed by atoms with van der Waals surface area (Å²) in [6.45, 7) is 4.84. The Morgan fingerprint density at radius 1 is 1.12 bits per heavy atom. The van der Waals surface area contributed by atoms with Gasteiger partial charge in [-0.1, -0.05) is 0 Å². The van der Waals surface area contributed by atoms with E-state index in [1.165, 1.54) is 17.6 Å². The summed E-state index contributed by atoms with van der Waals surface area (Å²) in [6.07, 6.45) is 2.90. The van der Waals surface area contributed by atoms with Gasteiger partial charge >= 0.3 is 0 Å². The van der Waals surface area contributed by atoms with Gasteiger partial charge in [0.05, 0.1) is 26.2 Å². The molecule has 2 aromatic heterocycles. The molecule has 8 nitrogen and oxygen atoms in total. The molecule has 3 heterocycles. The van der Waals surface area contributed by atoms with Crippen molar-refractivity contribution in [1.82, 2.24) is 15.2 Å². The summed E-state index contributed by atoms with van der Waals surface area (Å²) in [6, 6.07) is 7.37. The largest absolute Gasteiger partial charge is 0.493 e. The second-order valence-electron chi connectivity index (χ2n) is 7.98. The second-order valence-corrected chi connectivity index (χ2v) is 8.98. The number of ether oxygens (including phenoxy) is 2. The van der Waals surface area contributed by atoms with Gasteiger partial charge in [-0.15, -0.1) is 11.3 Å². The topological polar surface area (TPSA) is 93.9 Å². The molecule has 4 rings (SSSR count). The number of aromatic nitrogens is 1. The summed E-state index contributed by atoms with van der Waals surface area (Å²) in [7, 11) is 3.18. The zero-order valence-corrected chi connectivity index (χ0v) is 20.0. The Morgan fingerprint density at radius 2 is 1.85 bits per heavy atom. The minimum absolute atomic E-state index is 0.0101. The number of thiazole rings is 1. The lowest BCUT2D eigenvalue weighted by Crippen LogP contribution is -2.46. The summed E-state index contributed by atoms with van der Waals surface area (Å²) in [5.41, 5.74) is 2.39. The Morgan fingerprint density at radius 3 is 2.48 bits per heavy atom. The number of hydrogen-bond donors (Lipinski definition) is 1. The molecule has 0 spiro atoms. The van der Waals surface area contributed by atoms with Gasteiger partial charge in [0, 0.05) is 30.3 Å². The van der Waals surface area contributed by atoms with Crippen molar-refractivity contribution in [3.8, 4) is 22.1 Å². The highest BCUT2D eigenvalue weighted by Crippen LogP contribution is 2.35. The number of aryl methyl sites for hydroxylation is 2. The van der Waals surface area contributed by atoms with Gasteiger partial charge in [0.2, 0.25) is 0 Å². The number of nitrogens with one attached hydrogen (secondary N) is 1. The molecule has 2 amide bonds. The van der Waals surface area contributed by atoms with Crippen LogP contribution in [0.2, 0.25) is 0 Å². The molecule has 0 atom stereocenters. The number of methoxy groups -OCH3 is 2. The lowest BCUT2D eigenvalue weighted by atomic mass is 10.0. The van der Waals surface area contributed by atoms with Crippen LogP contribution >= 0.6 is 11.3 Å². The van der Waals surface area contributed by atoms with Crippen molar-refractivity contribution in [2.45, 2.75) is 32.7 Å². The van der Waals surface area contributed by atoms with E-state index in [9.17, 15) is 9.59 Å². The molecule has 1 aromatic carbocycles. The zero-order valence-electron chi connectivity index (χ0n) is 19.1. The number of furan rings is 1. The molecule has 0 unspecified atom stereocenters. The predicted octanol–water partition coefficient (Wildman–Crippen LogP) is 4.07. The number of carbonyl (C=O) groups is 2. The van der Waals surface area contributed by atoms with Crippen LogP contribution in [0.5, 0.6) is 11.5 Å². The van der Waals surface area contributed by atoms with Crippen LogP contribution in [0, 0.1) is 13.8 Å². The molecule has 174 valence electrons. The maximum absolute atomic E-state index is 13.2. The lowest BCUT2D eigenvalue weighted by molar-refractivity contribution is 0.0699. The van der Waals surface area contributed by atoms with Crippen molar-refractivity contribution in [3.63, 3.8) is 0 Å². The molecular formula is C24H27N3O5S. The molecule has 1 aliphatic heterocycles. The van der Waals surface area contributed by atoms with Crippen LogP contribution in [0.4, 0.5) is 0 Å². The van der Waals surface area contributed by atoms with Gasteiger partial charge in [0.15, 0.2) is 17.3 Å². The SMILES string of the molecule is COc1ccc(-c2nc(C)c(C(=O)N3CCC(NC(=O)c4occc4C)CC3)s2)cc1OC. The lowest BCUT2D eigenvalue weighted by Gasteiger charge is -2.32. The molecule has 1 saturated heterocycles. The van der Waals surface area contributed by atoms with Gasteiger partial charge in [-0.25, -0.2) is 4.98 Å². The minimum atomic E-state index is -0.208. The van der Waals surface area contributed by atoms with Crippen LogP contribution < -0.4 is 14.8 Å². The van der Waals surface area contributed by atoms with Crippen molar-refractivity contribution in [2.75, 3.05) is 27.3 Å². The van der Waals surface area contributed by atoms with Crippen molar-refractivity contribution < 1.29 is 23.5 Å². The highest BCUT2D eigenvalue weighted by atomic mass is 32.1. The molecule has 0 aliphatic carbocycles. The van der Waals surface area contributed by atoms with Crippen LogP contribution in [-0.2, 0) is 0 Å². The average molecular weight is 470 g/mol. The van der Waals surface area contributed by atoms with Gasteiger partial charge in [-0.2, -0.15) is 0 Å². The summed E-state index contributed by atoms with van der Waals surface area (Å²) >= 11 is 1.38. The van der Waals surface area contributed by atoms with E-state index in [4.69, 9.17) is 13.9 Å². The Labute approximate surface area is 196 Å². The first-order valence-corrected chi connectivity index (χ1v) is 11.6. The summed E-state index contributed by atoms with van der Waals surface area (Å²) in [5, 5.41) is 3.77. The highest BCUT2D eigenvalue weighted by Gasteiger charge is 2.28. The standard InChI is InChI=1S/C24H27N3O5S/c1-14-9-12-32-20(14)22(28)26-17-7-10-27(11-8-17)24(29)21-15(2)25-23(33-21)16-5-6-18(30-3)19(13-16)31-4/h5-6,9,12-13,17H,7-8,10-11H2,1-4H3,(H,26,28). The molecule has 0 bridgehead atoms. The van der Waals surface area contributed by atoms with Crippen molar-refractivity contribution in [2.24, 2.45) is 0 Å². The zero-order chi connectivity index (χ0) is 23.5. The molecule has 1 N–H and O–H groups in total. The quantitative estimate of drug-likeness (QED) is 0.585. The van der Waals surface area contributed by atoms with Crippen LogP contribution in [0.25, 0.3) is 10.6 Å². The summed E-state index contributed by atoms with van der Waals surface area (Å²) in [5.74, 6) is 1.37. The maximum Gasteiger partial charge on any atom is 0.287 e. The molecule has 9 heteroatoms. The Kier molecular flexibility index (Phi) is 6.69. The van der Waals surface area contributed by atoms with E-state index in [-0.39, 0.29) is 17.9 Å². The number of likely N-dealkylation sites (tertiary alicyclic amines) is 1. The molecule has 0 saturated carbocycles. The fourth-order valence-corrected chi connectivity index (χ4v) is 4.94. The number of benzene rings is 1. The second kappa shape index (κ2) is 9.66. The van der Waals surface area contributed by atoms with Crippen LogP contribution in [0.3, 0.4) is 0 Å². The van der Waals surface area contributed by atoms with Gasteiger partial charge < -0.3 is 24.1 Å². The Hall–Kier alpha value is -3.33. The fourth-order valence-electron chi connectivity index (χ4n) is 3.91. The van der Waals surface area contributed by atoms with Gasteiger partial charge in [0.25, 0.3) is 11.8 Å². The Bertz CT molecular complexity index is 1160. The van der Waals surface area contributed by atoms with Crippen molar-refractivity contribution >= 4 is 23.2 Å². The maximum atomic E-state index is 13.2. The summed E-state index contributed by atoms with van der Waals surface area (Å²) < 4.78 is 16.0. The third-order valence-corrected chi connectivity index (χ3v) is 7.00. The first kappa shape index (κ1) is 22.8. The van der Waals surface area contributed by atoms with E-state index in [2.05, 4.69) is 10.3 Å².